The fourth-order valence-corrected chi connectivity index (χ4v) is 3.42. The van der Waals surface area contributed by atoms with Gasteiger partial charge < -0.3 is 10.2 Å². The van der Waals surface area contributed by atoms with Crippen molar-refractivity contribution in [1.82, 2.24) is 15.3 Å². The van der Waals surface area contributed by atoms with Gasteiger partial charge in [0.15, 0.2) is 0 Å². The molecule has 0 radical (unpaired) electrons. The van der Waals surface area contributed by atoms with E-state index in [1.54, 1.807) is 0 Å². The highest BCUT2D eigenvalue weighted by atomic mass is 16.1. The lowest BCUT2D eigenvalue weighted by molar-refractivity contribution is 0.0953. The zero-order valence-electron chi connectivity index (χ0n) is 16.3. The molecule has 5 heteroatoms. The highest BCUT2D eigenvalue weighted by Gasteiger charge is 2.15. The van der Waals surface area contributed by atoms with Crippen LogP contribution in [-0.4, -0.2) is 35.5 Å². The molecule has 1 aliphatic heterocycles. The van der Waals surface area contributed by atoms with Gasteiger partial charge in [0.1, 0.15) is 0 Å². The molecule has 0 unspecified atom stereocenters. The molecule has 1 aliphatic rings. The van der Waals surface area contributed by atoms with E-state index in [0.717, 1.165) is 43.1 Å². The van der Waals surface area contributed by atoms with Gasteiger partial charge >= 0.3 is 0 Å². The maximum atomic E-state index is 12.4. The van der Waals surface area contributed by atoms with Gasteiger partial charge in [-0.1, -0.05) is 44.7 Å². The monoisotopic (exact) mass is 366 g/mol. The molecule has 2 heterocycles. The van der Waals surface area contributed by atoms with Crippen molar-refractivity contribution >= 4 is 11.9 Å². The molecule has 1 aromatic heterocycles. The number of unbranched alkanes of at least 4 members (excludes halogenated alkanes) is 4. The Labute approximate surface area is 162 Å². The van der Waals surface area contributed by atoms with E-state index in [1.807, 2.05) is 36.7 Å². The molecule has 0 saturated carbocycles. The summed E-state index contributed by atoms with van der Waals surface area (Å²) in [6, 6.07) is 7.69. The van der Waals surface area contributed by atoms with Crippen molar-refractivity contribution in [3.63, 3.8) is 0 Å². The Bertz CT molecular complexity index is 723. The Morgan fingerprint density at radius 3 is 2.52 bits per heavy atom. The summed E-state index contributed by atoms with van der Waals surface area (Å²) < 4.78 is 0. The molecule has 0 spiro atoms. The number of nitrogens with one attached hydrogen (secondary N) is 1. The number of nitrogens with zero attached hydrogens (tertiary/aromatic N) is 3. The van der Waals surface area contributed by atoms with Crippen LogP contribution < -0.4 is 10.2 Å². The molecule has 1 N–H and O–H groups in total. The number of carbonyl (C=O) groups excluding carboxylic acids is 1. The molecular formula is C22H30N4O. The van der Waals surface area contributed by atoms with Gasteiger partial charge in [-0.05, 0) is 37.0 Å². The van der Waals surface area contributed by atoms with Crippen molar-refractivity contribution in [2.45, 2.75) is 51.9 Å². The number of amides is 1. The van der Waals surface area contributed by atoms with Crippen LogP contribution in [0.15, 0.2) is 36.7 Å². The van der Waals surface area contributed by atoms with E-state index >= 15 is 0 Å². The highest BCUT2D eigenvalue weighted by Crippen LogP contribution is 2.21. The first-order chi connectivity index (χ1) is 13.3. The minimum Gasteiger partial charge on any atom is -0.352 e. The van der Waals surface area contributed by atoms with Crippen LogP contribution >= 0.6 is 0 Å². The third kappa shape index (κ3) is 5.52. The van der Waals surface area contributed by atoms with Crippen molar-refractivity contribution in [3.05, 3.63) is 42.2 Å². The molecule has 1 fully saturated rings. The second kappa shape index (κ2) is 10.0. The number of benzene rings is 1. The molecule has 1 saturated heterocycles. The summed E-state index contributed by atoms with van der Waals surface area (Å²) in [7, 11) is 0. The van der Waals surface area contributed by atoms with Crippen LogP contribution in [-0.2, 0) is 0 Å². The quantitative estimate of drug-likeness (QED) is 0.666. The van der Waals surface area contributed by atoms with E-state index in [9.17, 15) is 4.79 Å². The number of carbonyl (C=O) groups is 1. The van der Waals surface area contributed by atoms with E-state index in [-0.39, 0.29) is 5.91 Å². The van der Waals surface area contributed by atoms with Crippen LogP contribution in [0.4, 0.5) is 5.95 Å². The molecule has 0 aliphatic carbocycles. The Hall–Kier alpha value is -2.43. The summed E-state index contributed by atoms with van der Waals surface area (Å²) >= 11 is 0. The summed E-state index contributed by atoms with van der Waals surface area (Å²) in [6.45, 7) is 5.01. The molecule has 3 rings (SSSR count). The predicted octanol–water partition coefficient (Wildman–Crippen LogP) is 4.44. The smallest absolute Gasteiger partial charge is 0.251 e. The van der Waals surface area contributed by atoms with Crippen LogP contribution in [0.1, 0.15) is 62.2 Å². The number of rotatable bonds is 9. The Morgan fingerprint density at radius 1 is 1.04 bits per heavy atom. The maximum Gasteiger partial charge on any atom is 0.251 e. The van der Waals surface area contributed by atoms with Gasteiger partial charge in [0, 0.05) is 43.2 Å². The highest BCUT2D eigenvalue weighted by molar-refractivity contribution is 5.95. The second-order valence-electron chi connectivity index (χ2n) is 7.22. The van der Waals surface area contributed by atoms with E-state index in [0.29, 0.717) is 5.56 Å². The lowest BCUT2D eigenvalue weighted by Crippen LogP contribution is -2.24. The van der Waals surface area contributed by atoms with Crippen molar-refractivity contribution in [2.75, 3.05) is 24.5 Å². The van der Waals surface area contributed by atoms with Crippen LogP contribution in [0.3, 0.4) is 0 Å². The average Bonchev–Trinajstić information content (AvgIpc) is 3.25. The van der Waals surface area contributed by atoms with E-state index in [4.69, 9.17) is 0 Å². The number of hydrogen-bond donors (Lipinski definition) is 1. The first-order valence-electron chi connectivity index (χ1n) is 10.2. The minimum atomic E-state index is -0.0121. The topological polar surface area (TPSA) is 58.1 Å². The minimum absolute atomic E-state index is 0.0121. The first-order valence-corrected chi connectivity index (χ1v) is 10.2. The van der Waals surface area contributed by atoms with Crippen molar-refractivity contribution in [2.24, 2.45) is 0 Å². The van der Waals surface area contributed by atoms with E-state index < -0.39 is 0 Å². The molecular weight excluding hydrogens is 336 g/mol. The van der Waals surface area contributed by atoms with Gasteiger partial charge in [-0.3, -0.25) is 4.79 Å². The Kier molecular flexibility index (Phi) is 7.19. The molecule has 2 aromatic rings. The van der Waals surface area contributed by atoms with Gasteiger partial charge in [0.2, 0.25) is 5.95 Å². The first kappa shape index (κ1) is 19.3. The number of hydrogen-bond acceptors (Lipinski definition) is 4. The fraction of sp³-hybridized carbons (Fsp3) is 0.500. The van der Waals surface area contributed by atoms with Crippen molar-refractivity contribution in [1.29, 1.82) is 0 Å². The summed E-state index contributed by atoms with van der Waals surface area (Å²) in [5, 5.41) is 3.02. The third-order valence-corrected chi connectivity index (χ3v) is 5.05. The molecule has 0 bridgehead atoms. The summed E-state index contributed by atoms with van der Waals surface area (Å²) in [6.07, 6.45) is 12.1. The van der Waals surface area contributed by atoms with Crippen molar-refractivity contribution in [3.8, 4) is 11.1 Å². The Balaban J connectivity index is 1.57. The molecule has 5 nitrogen and oxygen atoms in total. The van der Waals surface area contributed by atoms with Gasteiger partial charge in [0.25, 0.3) is 5.91 Å². The summed E-state index contributed by atoms with van der Waals surface area (Å²) in [5.74, 6) is 0.787. The summed E-state index contributed by atoms with van der Waals surface area (Å²) in [4.78, 5) is 23.6. The molecule has 1 amide bonds. The van der Waals surface area contributed by atoms with Crippen LogP contribution in [0.25, 0.3) is 11.1 Å². The van der Waals surface area contributed by atoms with Gasteiger partial charge in [0.05, 0.1) is 0 Å². The predicted molar refractivity (Wildman–Crippen MR) is 110 cm³/mol. The van der Waals surface area contributed by atoms with Crippen molar-refractivity contribution < 1.29 is 4.79 Å². The summed E-state index contributed by atoms with van der Waals surface area (Å²) in [5.41, 5.74) is 2.59. The van der Waals surface area contributed by atoms with Gasteiger partial charge in [-0.2, -0.15) is 0 Å². The average molecular weight is 367 g/mol. The molecule has 144 valence electrons. The van der Waals surface area contributed by atoms with Crippen LogP contribution in [0.5, 0.6) is 0 Å². The third-order valence-electron chi connectivity index (χ3n) is 5.05. The molecule has 27 heavy (non-hydrogen) atoms. The molecule has 0 atom stereocenters. The van der Waals surface area contributed by atoms with E-state index in [1.165, 1.54) is 38.5 Å². The van der Waals surface area contributed by atoms with Crippen LogP contribution in [0.2, 0.25) is 0 Å². The standard InChI is InChI=1S/C22H30N4O/c1-2-3-4-5-6-12-23-21(27)19-11-9-10-18(15-19)20-16-24-22(25-17-20)26-13-7-8-14-26/h9-11,15-17H,2-8,12-14H2,1H3,(H,23,27). The zero-order chi connectivity index (χ0) is 18.9. The maximum absolute atomic E-state index is 12.4. The number of anilines is 1. The number of aromatic nitrogens is 2. The van der Waals surface area contributed by atoms with Gasteiger partial charge in [-0.25, -0.2) is 9.97 Å². The second-order valence-corrected chi connectivity index (χ2v) is 7.22. The fourth-order valence-electron chi connectivity index (χ4n) is 3.42. The molecule has 1 aromatic carbocycles. The lowest BCUT2D eigenvalue weighted by Gasteiger charge is -2.14. The van der Waals surface area contributed by atoms with E-state index in [2.05, 4.69) is 27.1 Å². The Morgan fingerprint density at radius 2 is 1.78 bits per heavy atom. The lowest BCUT2D eigenvalue weighted by atomic mass is 10.1. The van der Waals surface area contributed by atoms with Gasteiger partial charge in [-0.15, -0.1) is 0 Å². The van der Waals surface area contributed by atoms with Crippen LogP contribution in [0, 0.1) is 0 Å². The zero-order valence-corrected chi connectivity index (χ0v) is 16.3. The largest absolute Gasteiger partial charge is 0.352 e. The normalized spacial score (nSPS) is 13.7. The SMILES string of the molecule is CCCCCCCNC(=O)c1cccc(-c2cnc(N3CCCC3)nc2)c1.